The van der Waals surface area contributed by atoms with Crippen molar-refractivity contribution in [2.75, 3.05) is 0 Å². The predicted octanol–water partition coefficient (Wildman–Crippen LogP) is 1.68. The van der Waals surface area contributed by atoms with Crippen molar-refractivity contribution in [3.05, 3.63) is 28.5 Å². The van der Waals surface area contributed by atoms with E-state index in [1.54, 1.807) is 12.3 Å². The molecule has 1 aromatic rings. The summed E-state index contributed by atoms with van der Waals surface area (Å²) in [5, 5.41) is 0. The zero-order chi connectivity index (χ0) is 8.10. The van der Waals surface area contributed by atoms with Crippen LogP contribution in [0.3, 0.4) is 0 Å². The van der Waals surface area contributed by atoms with E-state index >= 15 is 0 Å². The largest absolute Gasteiger partial charge is 0.258 e. The van der Waals surface area contributed by atoms with Gasteiger partial charge in [0.2, 0.25) is 6.08 Å². The molecule has 11 heavy (non-hydrogen) atoms. The quantitative estimate of drug-likeness (QED) is 0.554. The maximum absolute atomic E-state index is 9.75. The van der Waals surface area contributed by atoms with E-state index in [0.29, 0.717) is 0 Å². The average molecular weight is 213 g/mol. The Morgan fingerprint density at radius 2 is 2.55 bits per heavy atom. The van der Waals surface area contributed by atoms with Crippen molar-refractivity contribution >= 4 is 22.0 Å². The second kappa shape index (κ2) is 4.01. The van der Waals surface area contributed by atoms with E-state index in [1.807, 2.05) is 6.07 Å². The summed E-state index contributed by atoms with van der Waals surface area (Å²) in [4.78, 5) is 17.2. The maximum atomic E-state index is 9.75. The van der Waals surface area contributed by atoms with Gasteiger partial charge in [-0.3, -0.25) is 4.98 Å². The van der Waals surface area contributed by atoms with Gasteiger partial charge in [-0.15, -0.1) is 0 Å². The van der Waals surface area contributed by atoms with Gasteiger partial charge in [-0.25, -0.2) is 4.79 Å². The first-order chi connectivity index (χ1) is 5.34. The first kappa shape index (κ1) is 8.11. The smallest absolute Gasteiger partial charge is 0.235 e. The first-order valence-electron chi connectivity index (χ1n) is 2.97. The fraction of sp³-hybridized carbons (Fsp3) is 0.143. The van der Waals surface area contributed by atoms with Crippen LogP contribution in [0.1, 0.15) is 5.69 Å². The molecule has 0 amide bonds. The molecule has 0 atom stereocenters. The summed E-state index contributed by atoms with van der Waals surface area (Å²) >= 11 is 3.27. The second-order valence-electron chi connectivity index (χ2n) is 1.84. The number of nitrogens with zero attached hydrogens (tertiary/aromatic N) is 2. The lowest BCUT2D eigenvalue weighted by molar-refractivity contribution is 0.562. The molecule has 1 rings (SSSR count). The predicted molar refractivity (Wildman–Crippen MR) is 43.8 cm³/mol. The first-order valence-corrected chi connectivity index (χ1v) is 3.77. The highest BCUT2D eigenvalue weighted by Gasteiger charge is 1.96. The Morgan fingerprint density at radius 1 is 1.73 bits per heavy atom. The zero-order valence-electron chi connectivity index (χ0n) is 5.62. The molecule has 0 radical (unpaired) electrons. The maximum Gasteiger partial charge on any atom is 0.235 e. The number of aliphatic imine (C=N–C) groups is 1. The minimum atomic E-state index is 0.283. The summed E-state index contributed by atoms with van der Waals surface area (Å²) in [5.41, 5.74) is 0.746. The lowest BCUT2D eigenvalue weighted by Crippen LogP contribution is -1.87. The van der Waals surface area contributed by atoms with Gasteiger partial charge in [0.15, 0.2) is 0 Å². The third kappa shape index (κ3) is 2.26. The monoisotopic (exact) mass is 212 g/mol. The Kier molecular flexibility index (Phi) is 2.95. The van der Waals surface area contributed by atoms with Crippen molar-refractivity contribution in [2.24, 2.45) is 4.99 Å². The summed E-state index contributed by atoms with van der Waals surface area (Å²) in [6.07, 6.45) is 3.11. The summed E-state index contributed by atoms with van der Waals surface area (Å²) in [7, 11) is 0. The Morgan fingerprint density at radius 3 is 3.18 bits per heavy atom. The van der Waals surface area contributed by atoms with Crippen LogP contribution < -0.4 is 0 Å². The average Bonchev–Trinajstić information content (AvgIpc) is 2.03. The molecular weight excluding hydrogens is 208 g/mol. The standard InChI is InChI=1S/C7H5BrN2O/c8-6-2-1-3-10-7(6)4-9-5-11/h1-3H,4H2. The number of isocyanates is 1. The van der Waals surface area contributed by atoms with Gasteiger partial charge in [0.25, 0.3) is 0 Å². The number of hydrogen-bond donors (Lipinski definition) is 0. The van der Waals surface area contributed by atoms with Gasteiger partial charge in [-0.1, -0.05) is 0 Å². The molecule has 1 aromatic heterocycles. The summed E-state index contributed by atoms with van der Waals surface area (Å²) < 4.78 is 0.860. The highest BCUT2D eigenvalue weighted by molar-refractivity contribution is 9.10. The SMILES string of the molecule is O=C=NCc1ncccc1Br. The molecule has 0 spiro atoms. The van der Waals surface area contributed by atoms with E-state index in [0.717, 1.165) is 10.2 Å². The molecule has 4 heteroatoms. The van der Waals surface area contributed by atoms with E-state index in [2.05, 4.69) is 25.9 Å². The number of aromatic nitrogens is 1. The number of rotatable bonds is 2. The van der Waals surface area contributed by atoms with Crippen molar-refractivity contribution in [2.45, 2.75) is 6.54 Å². The number of halogens is 1. The molecule has 0 unspecified atom stereocenters. The molecule has 0 aliphatic rings. The van der Waals surface area contributed by atoms with E-state index < -0.39 is 0 Å². The highest BCUT2D eigenvalue weighted by Crippen LogP contribution is 2.13. The lowest BCUT2D eigenvalue weighted by Gasteiger charge is -1.95. The number of pyridine rings is 1. The van der Waals surface area contributed by atoms with E-state index in [1.165, 1.54) is 6.08 Å². The molecule has 0 fully saturated rings. The van der Waals surface area contributed by atoms with Crippen LogP contribution in [0.5, 0.6) is 0 Å². The van der Waals surface area contributed by atoms with Crippen molar-refractivity contribution in [3.8, 4) is 0 Å². The van der Waals surface area contributed by atoms with Gasteiger partial charge in [0.1, 0.15) is 0 Å². The van der Waals surface area contributed by atoms with Gasteiger partial charge < -0.3 is 0 Å². The van der Waals surface area contributed by atoms with Gasteiger partial charge in [-0.2, -0.15) is 4.99 Å². The van der Waals surface area contributed by atoms with Crippen LogP contribution in [0.4, 0.5) is 0 Å². The summed E-state index contributed by atoms with van der Waals surface area (Å²) in [6, 6.07) is 3.65. The molecule has 3 nitrogen and oxygen atoms in total. The minimum Gasteiger partial charge on any atom is -0.258 e. The Hall–Kier alpha value is -0.990. The Balaban J connectivity index is 2.85. The third-order valence-electron chi connectivity index (χ3n) is 1.13. The zero-order valence-corrected chi connectivity index (χ0v) is 7.21. The molecular formula is C7H5BrN2O. The lowest BCUT2D eigenvalue weighted by atomic mass is 10.3. The summed E-state index contributed by atoms with van der Waals surface area (Å²) in [6.45, 7) is 0.283. The second-order valence-corrected chi connectivity index (χ2v) is 2.69. The third-order valence-corrected chi connectivity index (χ3v) is 1.85. The van der Waals surface area contributed by atoms with Crippen molar-refractivity contribution in [1.82, 2.24) is 4.98 Å². The van der Waals surface area contributed by atoms with Crippen molar-refractivity contribution in [1.29, 1.82) is 0 Å². The summed E-state index contributed by atoms with van der Waals surface area (Å²) in [5.74, 6) is 0. The van der Waals surface area contributed by atoms with Crippen LogP contribution in [0.25, 0.3) is 0 Å². The van der Waals surface area contributed by atoms with Crippen LogP contribution in [-0.2, 0) is 11.3 Å². The molecule has 0 aliphatic heterocycles. The van der Waals surface area contributed by atoms with Gasteiger partial charge in [0, 0.05) is 10.7 Å². The van der Waals surface area contributed by atoms with Gasteiger partial charge in [0.05, 0.1) is 12.2 Å². The minimum absolute atomic E-state index is 0.283. The van der Waals surface area contributed by atoms with Crippen molar-refractivity contribution < 1.29 is 4.79 Å². The molecule has 0 saturated heterocycles. The van der Waals surface area contributed by atoms with Crippen LogP contribution in [-0.4, -0.2) is 11.1 Å². The van der Waals surface area contributed by atoms with E-state index in [-0.39, 0.29) is 6.54 Å². The van der Waals surface area contributed by atoms with E-state index in [4.69, 9.17) is 0 Å². The van der Waals surface area contributed by atoms with Crippen molar-refractivity contribution in [3.63, 3.8) is 0 Å². The van der Waals surface area contributed by atoms with E-state index in [9.17, 15) is 4.79 Å². The highest BCUT2D eigenvalue weighted by atomic mass is 79.9. The molecule has 1 heterocycles. The Bertz CT molecular complexity index is 294. The molecule has 0 N–H and O–H groups in total. The normalized spacial score (nSPS) is 8.82. The number of carbonyl (C=O) groups excluding carboxylic acids is 1. The topological polar surface area (TPSA) is 42.3 Å². The van der Waals surface area contributed by atoms with Crippen LogP contribution in [0, 0.1) is 0 Å². The fourth-order valence-electron chi connectivity index (χ4n) is 0.642. The molecule has 0 aliphatic carbocycles. The van der Waals surface area contributed by atoms with Gasteiger partial charge >= 0.3 is 0 Å². The number of hydrogen-bond acceptors (Lipinski definition) is 3. The molecule has 0 saturated carbocycles. The molecule has 56 valence electrons. The van der Waals surface area contributed by atoms with Crippen LogP contribution >= 0.6 is 15.9 Å². The Labute approximate surface area is 72.3 Å². The van der Waals surface area contributed by atoms with Gasteiger partial charge in [-0.05, 0) is 28.1 Å². The fourth-order valence-corrected chi connectivity index (χ4v) is 1.02. The molecule has 0 aromatic carbocycles. The van der Waals surface area contributed by atoms with Crippen LogP contribution in [0.2, 0.25) is 0 Å². The molecule has 0 bridgehead atoms. The van der Waals surface area contributed by atoms with Crippen LogP contribution in [0.15, 0.2) is 27.8 Å².